The number of aryl methyl sites for hydroxylation is 1. The molecule has 0 aromatic carbocycles. The van der Waals surface area contributed by atoms with E-state index in [2.05, 4.69) is 10.1 Å². The number of ether oxygens (including phenoxy) is 2. The maximum atomic E-state index is 12.5. The van der Waals surface area contributed by atoms with Crippen LogP contribution in [0.5, 0.6) is 0 Å². The molecule has 0 unspecified atom stereocenters. The normalized spacial score (nSPS) is 22.7. The SMILES string of the molecule is CCc1nc(C[C@H]2CN(C(=O)CN3C(=O)OC(C)(C)C3=O)CCO2)no1. The Morgan fingerprint density at radius 3 is 2.73 bits per heavy atom. The minimum atomic E-state index is -1.24. The third-order valence-corrected chi connectivity index (χ3v) is 4.33. The summed E-state index contributed by atoms with van der Waals surface area (Å²) < 4.78 is 15.7. The van der Waals surface area contributed by atoms with Crippen molar-refractivity contribution in [3.05, 3.63) is 11.7 Å². The summed E-state index contributed by atoms with van der Waals surface area (Å²) in [4.78, 5) is 43.1. The molecule has 3 rings (SSSR count). The molecule has 1 aromatic rings. The molecular formula is C16H22N4O6. The van der Waals surface area contributed by atoms with E-state index in [4.69, 9.17) is 14.0 Å². The largest absolute Gasteiger partial charge is 0.433 e. The zero-order valence-electron chi connectivity index (χ0n) is 15.1. The lowest BCUT2D eigenvalue weighted by molar-refractivity contribution is -0.144. The van der Waals surface area contributed by atoms with Gasteiger partial charge in [-0.1, -0.05) is 12.1 Å². The van der Waals surface area contributed by atoms with Crippen LogP contribution in [-0.2, 0) is 31.9 Å². The Morgan fingerprint density at radius 1 is 1.35 bits per heavy atom. The quantitative estimate of drug-likeness (QED) is 0.724. The molecule has 0 radical (unpaired) electrons. The van der Waals surface area contributed by atoms with Crippen LogP contribution in [0.4, 0.5) is 4.79 Å². The van der Waals surface area contributed by atoms with Gasteiger partial charge in [0.2, 0.25) is 11.8 Å². The third-order valence-electron chi connectivity index (χ3n) is 4.33. The number of cyclic esters (lactones) is 1. The van der Waals surface area contributed by atoms with Gasteiger partial charge in [-0.2, -0.15) is 4.98 Å². The number of carbonyl (C=O) groups excluding carboxylic acids is 3. The molecule has 2 saturated heterocycles. The molecule has 3 amide bonds. The third kappa shape index (κ3) is 3.69. The van der Waals surface area contributed by atoms with E-state index in [9.17, 15) is 14.4 Å². The van der Waals surface area contributed by atoms with Crippen molar-refractivity contribution >= 4 is 17.9 Å². The summed E-state index contributed by atoms with van der Waals surface area (Å²) in [5.41, 5.74) is -1.24. The van der Waals surface area contributed by atoms with Crippen LogP contribution in [0.3, 0.4) is 0 Å². The highest BCUT2D eigenvalue weighted by atomic mass is 16.6. The summed E-state index contributed by atoms with van der Waals surface area (Å²) in [6.45, 7) is 5.66. The second-order valence-electron chi connectivity index (χ2n) is 6.76. The predicted molar refractivity (Wildman–Crippen MR) is 86.0 cm³/mol. The van der Waals surface area contributed by atoms with Crippen LogP contribution in [0.2, 0.25) is 0 Å². The Balaban J connectivity index is 1.58. The Hall–Kier alpha value is -2.49. The molecule has 1 aromatic heterocycles. The Labute approximate surface area is 150 Å². The molecule has 2 fully saturated rings. The first-order valence-electron chi connectivity index (χ1n) is 8.56. The molecule has 142 valence electrons. The lowest BCUT2D eigenvalue weighted by Gasteiger charge is -2.33. The number of nitrogens with zero attached hydrogens (tertiary/aromatic N) is 4. The summed E-state index contributed by atoms with van der Waals surface area (Å²) in [5.74, 6) is 0.238. The van der Waals surface area contributed by atoms with Crippen LogP contribution in [0, 0.1) is 0 Å². The van der Waals surface area contributed by atoms with E-state index in [1.807, 2.05) is 6.92 Å². The summed E-state index contributed by atoms with van der Waals surface area (Å²) >= 11 is 0. The van der Waals surface area contributed by atoms with Crippen molar-refractivity contribution in [1.29, 1.82) is 0 Å². The predicted octanol–water partition coefficient (Wildman–Crippen LogP) is 0.159. The van der Waals surface area contributed by atoms with E-state index >= 15 is 0 Å². The van der Waals surface area contributed by atoms with Gasteiger partial charge in [0.25, 0.3) is 5.91 Å². The van der Waals surface area contributed by atoms with E-state index in [1.165, 1.54) is 13.8 Å². The van der Waals surface area contributed by atoms with Gasteiger partial charge in [-0.3, -0.25) is 9.59 Å². The number of rotatable bonds is 5. The van der Waals surface area contributed by atoms with Crippen molar-refractivity contribution < 1.29 is 28.4 Å². The van der Waals surface area contributed by atoms with E-state index < -0.39 is 17.6 Å². The Morgan fingerprint density at radius 2 is 2.12 bits per heavy atom. The number of amides is 3. The molecule has 1 atom stereocenters. The lowest BCUT2D eigenvalue weighted by atomic mass is 10.1. The molecule has 26 heavy (non-hydrogen) atoms. The fraction of sp³-hybridized carbons (Fsp3) is 0.688. The fourth-order valence-electron chi connectivity index (χ4n) is 2.89. The number of aromatic nitrogens is 2. The van der Waals surface area contributed by atoms with Gasteiger partial charge in [0, 0.05) is 25.9 Å². The second-order valence-corrected chi connectivity index (χ2v) is 6.76. The van der Waals surface area contributed by atoms with E-state index in [0.29, 0.717) is 44.3 Å². The Kier molecular flexibility index (Phi) is 4.94. The van der Waals surface area contributed by atoms with E-state index in [0.717, 1.165) is 4.90 Å². The molecule has 10 nitrogen and oxygen atoms in total. The van der Waals surface area contributed by atoms with Crippen molar-refractivity contribution in [2.45, 2.75) is 45.3 Å². The van der Waals surface area contributed by atoms with Crippen LogP contribution >= 0.6 is 0 Å². The van der Waals surface area contributed by atoms with Gasteiger partial charge in [-0.15, -0.1) is 0 Å². The molecule has 0 bridgehead atoms. The highest BCUT2D eigenvalue weighted by molar-refractivity contribution is 6.04. The van der Waals surface area contributed by atoms with Gasteiger partial charge in [-0.25, -0.2) is 9.69 Å². The smallest absolute Gasteiger partial charge is 0.418 e. The molecular weight excluding hydrogens is 344 g/mol. The van der Waals surface area contributed by atoms with Crippen LogP contribution in [-0.4, -0.2) is 75.8 Å². The van der Waals surface area contributed by atoms with Gasteiger partial charge in [0.1, 0.15) is 6.54 Å². The summed E-state index contributed by atoms with van der Waals surface area (Å²) in [7, 11) is 0. The zero-order chi connectivity index (χ0) is 18.9. The van der Waals surface area contributed by atoms with Crippen LogP contribution in [0.15, 0.2) is 4.52 Å². The van der Waals surface area contributed by atoms with Crippen molar-refractivity contribution in [2.24, 2.45) is 0 Å². The van der Waals surface area contributed by atoms with Gasteiger partial charge >= 0.3 is 6.09 Å². The summed E-state index contributed by atoms with van der Waals surface area (Å²) in [5, 5.41) is 3.89. The zero-order valence-corrected chi connectivity index (χ0v) is 15.1. The minimum absolute atomic E-state index is 0.271. The van der Waals surface area contributed by atoms with Gasteiger partial charge < -0.3 is 18.9 Å². The average Bonchev–Trinajstić information content (AvgIpc) is 3.12. The molecule has 0 N–H and O–H groups in total. The first kappa shape index (κ1) is 18.3. The van der Waals surface area contributed by atoms with Crippen molar-refractivity contribution in [1.82, 2.24) is 19.9 Å². The second kappa shape index (κ2) is 7.02. The highest BCUT2D eigenvalue weighted by Gasteiger charge is 2.48. The van der Waals surface area contributed by atoms with Crippen molar-refractivity contribution in [2.75, 3.05) is 26.2 Å². The molecule has 0 spiro atoms. The summed E-state index contributed by atoms with van der Waals surface area (Å²) in [6, 6.07) is 0. The monoisotopic (exact) mass is 366 g/mol. The number of carbonyl (C=O) groups is 3. The van der Waals surface area contributed by atoms with Gasteiger partial charge in [0.05, 0.1) is 12.7 Å². The van der Waals surface area contributed by atoms with Crippen LogP contribution in [0.25, 0.3) is 0 Å². The van der Waals surface area contributed by atoms with Gasteiger partial charge in [-0.05, 0) is 13.8 Å². The average molecular weight is 366 g/mol. The minimum Gasteiger partial charge on any atom is -0.433 e. The van der Waals surface area contributed by atoms with Crippen LogP contribution in [0.1, 0.15) is 32.5 Å². The highest BCUT2D eigenvalue weighted by Crippen LogP contribution is 2.23. The first-order valence-corrected chi connectivity index (χ1v) is 8.56. The van der Waals surface area contributed by atoms with Crippen LogP contribution < -0.4 is 0 Å². The number of hydrogen-bond acceptors (Lipinski definition) is 8. The maximum Gasteiger partial charge on any atom is 0.418 e. The van der Waals surface area contributed by atoms with Gasteiger partial charge in [0.15, 0.2) is 11.4 Å². The molecule has 2 aliphatic heterocycles. The van der Waals surface area contributed by atoms with Crippen molar-refractivity contribution in [3.63, 3.8) is 0 Å². The number of imide groups is 1. The molecule has 0 aliphatic carbocycles. The first-order chi connectivity index (χ1) is 12.3. The number of hydrogen-bond donors (Lipinski definition) is 0. The Bertz CT molecular complexity index is 715. The van der Waals surface area contributed by atoms with Crippen molar-refractivity contribution in [3.8, 4) is 0 Å². The molecule has 0 saturated carbocycles. The molecule has 10 heteroatoms. The number of morpholine rings is 1. The van der Waals surface area contributed by atoms with E-state index in [-0.39, 0.29) is 18.6 Å². The standard InChI is InChI=1S/C16H22N4O6/c1-4-12-17-11(18-26-12)7-10-8-19(5-6-24-10)13(21)9-20-14(22)16(2,3)25-15(20)23/h10H,4-9H2,1-3H3/t10-/m0/s1. The molecule has 3 heterocycles. The fourth-order valence-corrected chi connectivity index (χ4v) is 2.89. The molecule has 2 aliphatic rings. The summed E-state index contributed by atoms with van der Waals surface area (Å²) in [6.07, 6.45) is 0.00879. The van der Waals surface area contributed by atoms with E-state index in [1.54, 1.807) is 4.90 Å². The topological polar surface area (TPSA) is 115 Å². The maximum absolute atomic E-state index is 12.5. The lowest BCUT2D eigenvalue weighted by Crippen LogP contribution is -2.50.